The largest absolute Gasteiger partial charge is 0.368 e. The first-order valence-corrected chi connectivity index (χ1v) is 5.03. The molecule has 1 amide bonds. The molecule has 5 heteroatoms. The highest BCUT2D eigenvalue weighted by Gasteiger charge is 2.13. The first kappa shape index (κ1) is 12.3. The van der Waals surface area contributed by atoms with Crippen molar-refractivity contribution >= 4 is 11.7 Å². The number of hydrogen-bond acceptors (Lipinski definition) is 4. The Hall–Kier alpha value is -1.75. The second kappa shape index (κ2) is 6.68. The zero-order valence-corrected chi connectivity index (χ0v) is 9.22. The predicted octanol–water partition coefficient (Wildman–Crippen LogP) is 1.40. The average molecular weight is 221 g/mol. The minimum atomic E-state index is -0.512. The van der Waals surface area contributed by atoms with Crippen LogP contribution >= 0.6 is 0 Å². The van der Waals surface area contributed by atoms with Crippen molar-refractivity contribution in [3.05, 3.63) is 31.2 Å². The molecule has 5 nitrogen and oxygen atoms in total. The van der Waals surface area contributed by atoms with Crippen molar-refractivity contribution in [2.24, 2.45) is 0 Å². The molecule has 0 aliphatic carbocycles. The molecule has 0 aliphatic rings. The van der Waals surface area contributed by atoms with E-state index in [9.17, 15) is 4.79 Å². The third kappa shape index (κ3) is 4.18. The molecular weight excluding hydrogens is 206 g/mol. The van der Waals surface area contributed by atoms with Gasteiger partial charge in [0.1, 0.15) is 6.10 Å². The van der Waals surface area contributed by atoms with E-state index in [1.165, 1.54) is 12.4 Å². The van der Waals surface area contributed by atoms with E-state index in [0.29, 0.717) is 12.4 Å². The van der Waals surface area contributed by atoms with Gasteiger partial charge in [0.05, 0.1) is 12.8 Å². The molecule has 1 N–H and O–H groups in total. The van der Waals surface area contributed by atoms with Crippen molar-refractivity contribution in [1.29, 1.82) is 0 Å². The summed E-state index contributed by atoms with van der Waals surface area (Å²) >= 11 is 0. The zero-order valence-electron chi connectivity index (χ0n) is 9.22. The lowest BCUT2D eigenvalue weighted by Gasteiger charge is -2.11. The fourth-order valence-corrected chi connectivity index (χ4v) is 0.995. The van der Waals surface area contributed by atoms with E-state index in [2.05, 4.69) is 21.9 Å². The predicted molar refractivity (Wildman–Crippen MR) is 60.9 cm³/mol. The van der Waals surface area contributed by atoms with Crippen LogP contribution in [-0.2, 0) is 9.53 Å². The van der Waals surface area contributed by atoms with Crippen LogP contribution in [0.15, 0.2) is 31.2 Å². The number of anilines is 1. The van der Waals surface area contributed by atoms with Gasteiger partial charge in [0.25, 0.3) is 5.91 Å². The average Bonchev–Trinajstić information content (AvgIpc) is 2.30. The summed E-state index contributed by atoms with van der Waals surface area (Å²) in [6.45, 7) is 5.75. The van der Waals surface area contributed by atoms with Crippen LogP contribution in [-0.4, -0.2) is 28.6 Å². The molecule has 0 fully saturated rings. The van der Waals surface area contributed by atoms with Crippen molar-refractivity contribution in [3.8, 4) is 0 Å². The van der Waals surface area contributed by atoms with Gasteiger partial charge in [-0.1, -0.05) is 6.08 Å². The number of carbonyl (C=O) groups is 1. The summed E-state index contributed by atoms with van der Waals surface area (Å²) < 4.78 is 5.28. The standard InChI is InChI=1S/C11H15N3O2/c1-3-4-7-16-9(2)11(15)14-10-8-12-5-6-13-10/h3,5-6,8-9H,1,4,7H2,2H3,(H,13,14,15). The van der Waals surface area contributed by atoms with E-state index in [1.807, 2.05) is 0 Å². The van der Waals surface area contributed by atoms with Gasteiger partial charge in [0.15, 0.2) is 5.82 Å². The third-order valence-electron chi connectivity index (χ3n) is 1.87. The van der Waals surface area contributed by atoms with Gasteiger partial charge in [-0.25, -0.2) is 4.98 Å². The highest BCUT2D eigenvalue weighted by atomic mass is 16.5. The fourth-order valence-electron chi connectivity index (χ4n) is 0.995. The van der Waals surface area contributed by atoms with E-state index in [0.717, 1.165) is 6.42 Å². The smallest absolute Gasteiger partial charge is 0.254 e. The molecule has 0 saturated heterocycles. The molecule has 1 atom stereocenters. The number of nitrogens with zero attached hydrogens (tertiary/aromatic N) is 2. The Kier molecular flexibility index (Phi) is 5.15. The quantitative estimate of drug-likeness (QED) is 0.582. The molecule has 16 heavy (non-hydrogen) atoms. The lowest BCUT2D eigenvalue weighted by atomic mass is 10.3. The molecule has 0 bridgehead atoms. The summed E-state index contributed by atoms with van der Waals surface area (Å²) in [6, 6.07) is 0. The molecule has 0 radical (unpaired) electrons. The Morgan fingerprint density at radius 1 is 1.69 bits per heavy atom. The van der Waals surface area contributed by atoms with Crippen molar-refractivity contribution in [1.82, 2.24) is 9.97 Å². The maximum atomic E-state index is 11.6. The van der Waals surface area contributed by atoms with Gasteiger partial charge < -0.3 is 10.1 Å². The van der Waals surface area contributed by atoms with Gasteiger partial charge in [0, 0.05) is 12.4 Å². The van der Waals surface area contributed by atoms with Gasteiger partial charge in [-0.15, -0.1) is 6.58 Å². The highest BCUT2D eigenvalue weighted by molar-refractivity contribution is 5.92. The van der Waals surface area contributed by atoms with Crippen LogP contribution in [0.3, 0.4) is 0 Å². The normalized spacial score (nSPS) is 11.8. The molecular formula is C11H15N3O2. The Morgan fingerprint density at radius 2 is 2.50 bits per heavy atom. The van der Waals surface area contributed by atoms with Crippen LogP contribution in [0.1, 0.15) is 13.3 Å². The molecule has 1 unspecified atom stereocenters. The zero-order chi connectivity index (χ0) is 11.8. The van der Waals surface area contributed by atoms with Crippen LogP contribution in [0.4, 0.5) is 5.82 Å². The summed E-state index contributed by atoms with van der Waals surface area (Å²) in [5, 5.41) is 2.61. The van der Waals surface area contributed by atoms with Crippen molar-refractivity contribution in [2.75, 3.05) is 11.9 Å². The summed E-state index contributed by atoms with van der Waals surface area (Å²) in [4.78, 5) is 19.3. The van der Waals surface area contributed by atoms with Crippen LogP contribution in [0.25, 0.3) is 0 Å². The van der Waals surface area contributed by atoms with Crippen LogP contribution in [0, 0.1) is 0 Å². The summed E-state index contributed by atoms with van der Waals surface area (Å²) in [5.41, 5.74) is 0. The molecule has 0 spiro atoms. The van der Waals surface area contributed by atoms with Gasteiger partial charge >= 0.3 is 0 Å². The van der Waals surface area contributed by atoms with Crippen LogP contribution in [0.2, 0.25) is 0 Å². The lowest BCUT2D eigenvalue weighted by molar-refractivity contribution is -0.126. The highest BCUT2D eigenvalue weighted by Crippen LogP contribution is 2.01. The molecule has 1 heterocycles. The number of ether oxygens (including phenoxy) is 1. The van der Waals surface area contributed by atoms with Gasteiger partial charge in [-0.3, -0.25) is 9.78 Å². The molecule has 0 saturated carbocycles. The molecule has 1 aromatic heterocycles. The Labute approximate surface area is 94.6 Å². The van der Waals surface area contributed by atoms with E-state index in [-0.39, 0.29) is 5.91 Å². The summed E-state index contributed by atoms with van der Waals surface area (Å²) in [6.07, 6.45) is 6.49. The van der Waals surface area contributed by atoms with Gasteiger partial charge in [0.2, 0.25) is 0 Å². The minimum absolute atomic E-state index is 0.232. The number of hydrogen-bond donors (Lipinski definition) is 1. The maximum Gasteiger partial charge on any atom is 0.254 e. The number of aromatic nitrogens is 2. The maximum absolute atomic E-state index is 11.6. The Balaban J connectivity index is 2.37. The summed E-state index contributed by atoms with van der Waals surface area (Å²) in [7, 11) is 0. The number of carbonyl (C=O) groups excluding carboxylic acids is 1. The number of nitrogens with one attached hydrogen (secondary N) is 1. The topological polar surface area (TPSA) is 64.1 Å². The number of amides is 1. The molecule has 1 aromatic rings. The van der Waals surface area contributed by atoms with E-state index in [4.69, 9.17) is 4.74 Å². The summed E-state index contributed by atoms with van der Waals surface area (Å²) in [5.74, 6) is 0.191. The lowest BCUT2D eigenvalue weighted by Crippen LogP contribution is -2.28. The van der Waals surface area contributed by atoms with Crippen LogP contribution in [0.5, 0.6) is 0 Å². The van der Waals surface area contributed by atoms with E-state index >= 15 is 0 Å². The molecule has 86 valence electrons. The van der Waals surface area contributed by atoms with E-state index in [1.54, 1.807) is 19.2 Å². The monoisotopic (exact) mass is 221 g/mol. The van der Waals surface area contributed by atoms with Crippen molar-refractivity contribution in [3.63, 3.8) is 0 Å². The van der Waals surface area contributed by atoms with Gasteiger partial charge in [-0.2, -0.15) is 0 Å². The van der Waals surface area contributed by atoms with E-state index < -0.39 is 6.10 Å². The minimum Gasteiger partial charge on any atom is -0.368 e. The first-order valence-electron chi connectivity index (χ1n) is 5.03. The SMILES string of the molecule is C=CCCOC(C)C(=O)Nc1cnccn1. The fraction of sp³-hybridized carbons (Fsp3) is 0.364. The second-order valence-electron chi connectivity index (χ2n) is 3.17. The van der Waals surface area contributed by atoms with Crippen molar-refractivity contribution < 1.29 is 9.53 Å². The van der Waals surface area contributed by atoms with Crippen molar-refractivity contribution in [2.45, 2.75) is 19.4 Å². The van der Waals surface area contributed by atoms with Gasteiger partial charge in [-0.05, 0) is 13.3 Å². The Morgan fingerprint density at radius 3 is 3.12 bits per heavy atom. The molecule has 0 aromatic carbocycles. The Bertz CT molecular complexity index is 340. The first-order chi connectivity index (χ1) is 7.74. The molecule has 0 aliphatic heterocycles. The van der Waals surface area contributed by atoms with Crippen LogP contribution < -0.4 is 5.32 Å². The molecule has 1 rings (SSSR count). The number of rotatable bonds is 6. The second-order valence-corrected chi connectivity index (χ2v) is 3.17. The third-order valence-corrected chi connectivity index (χ3v) is 1.87.